The first-order valence-electron chi connectivity index (χ1n) is 12.0. The van der Waals surface area contributed by atoms with Crippen molar-refractivity contribution in [3.8, 4) is 5.75 Å². The molecule has 5 rings (SSSR count). The fourth-order valence-electron chi connectivity index (χ4n) is 5.46. The fraction of sp³-hybridized carbons (Fsp3) is 0.500. The molecule has 3 fully saturated rings. The number of fused-ring (bicyclic) bond motifs is 4. The van der Waals surface area contributed by atoms with Crippen LogP contribution in [0.2, 0.25) is 0 Å². The molecule has 2 aromatic rings. The number of carbonyl (C=O) groups is 1. The van der Waals surface area contributed by atoms with E-state index in [9.17, 15) is 13.2 Å². The van der Waals surface area contributed by atoms with Crippen molar-refractivity contribution in [1.82, 2.24) is 4.90 Å². The summed E-state index contributed by atoms with van der Waals surface area (Å²) in [5.74, 6) is 0.926. The van der Waals surface area contributed by atoms with Gasteiger partial charge in [0, 0.05) is 37.4 Å². The van der Waals surface area contributed by atoms with Gasteiger partial charge in [0.1, 0.15) is 5.75 Å². The number of anilines is 1. The summed E-state index contributed by atoms with van der Waals surface area (Å²) in [5, 5.41) is 0. The van der Waals surface area contributed by atoms with Crippen LogP contribution in [0.3, 0.4) is 0 Å². The normalized spacial score (nSPS) is 21.9. The number of piperidine rings is 1. The zero-order valence-electron chi connectivity index (χ0n) is 20.2. The van der Waals surface area contributed by atoms with E-state index in [-0.39, 0.29) is 34.6 Å². The molecular weight excluding hydrogens is 450 g/mol. The van der Waals surface area contributed by atoms with Gasteiger partial charge in [-0.05, 0) is 67.1 Å². The molecule has 3 heterocycles. The Morgan fingerprint density at radius 2 is 1.85 bits per heavy atom. The first-order chi connectivity index (χ1) is 16.1. The molecule has 2 atom stereocenters. The minimum absolute atomic E-state index is 0.0306. The van der Waals surface area contributed by atoms with Gasteiger partial charge in [-0.2, -0.15) is 0 Å². The van der Waals surface area contributed by atoms with Crippen LogP contribution in [0.15, 0.2) is 53.4 Å². The van der Waals surface area contributed by atoms with Gasteiger partial charge in [0.05, 0.1) is 23.3 Å². The standard InChI is InChI=1S/C26H35N3O4S/c1-4-33-22-10-8-21(9-11-22)29-17-19-15-26(2,3)24(29)18-28(16-19)25(30)20-6-5-7-23(14-20)34(31,32)13-12-27/h5-11,14,19,24H,4,12-13,15-18,27H2,1-3H3/t19?,24-/m1/s1. The van der Waals surface area contributed by atoms with Crippen LogP contribution in [0, 0.1) is 11.3 Å². The highest BCUT2D eigenvalue weighted by Crippen LogP contribution is 2.43. The van der Waals surface area contributed by atoms with Crippen molar-refractivity contribution in [2.75, 3.05) is 43.4 Å². The first kappa shape index (κ1) is 24.5. The second-order valence-corrected chi connectivity index (χ2v) is 12.1. The van der Waals surface area contributed by atoms with Crippen molar-refractivity contribution in [2.24, 2.45) is 17.1 Å². The summed E-state index contributed by atoms with van der Waals surface area (Å²) < 4.78 is 30.6. The quantitative estimate of drug-likeness (QED) is 0.648. The lowest BCUT2D eigenvalue weighted by Gasteiger charge is -2.48. The molecule has 0 aliphatic carbocycles. The number of carbonyl (C=O) groups excluding carboxylic acids is 1. The lowest BCUT2D eigenvalue weighted by atomic mass is 9.73. The molecule has 3 aliphatic heterocycles. The Hall–Kier alpha value is -2.58. The Kier molecular flexibility index (Phi) is 6.92. The van der Waals surface area contributed by atoms with Gasteiger partial charge >= 0.3 is 0 Å². The Morgan fingerprint density at radius 3 is 2.53 bits per heavy atom. The smallest absolute Gasteiger partial charge is 0.253 e. The highest BCUT2D eigenvalue weighted by molar-refractivity contribution is 7.91. The Bertz CT molecular complexity index is 1130. The van der Waals surface area contributed by atoms with E-state index in [4.69, 9.17) is 10.5 Å². The third kappa shape index (κ3) is 4.93. The van der Waals surface area contributed by atoms with Crippen LogP contribution in [-0.2, 0) is 9.84 Å². The van der Waals surface area contributed by atoms with Gasteiger partial charge in [-0.15, -0.1) is 0 Å². The van der Waals surface area contributed by atoms with Crippen molar-refractivity contribution < 1.29 is 17.9 Å². The van der Waals surface area contributed by atoms with Crippen molar-refractivity contribution in [3.05, 3.63) is 54.1 Å². The monoisotopic (exact) mass is 485 g/mol. The number of benzene rings is 2. The number of hydrogen-bond acceptors (Lipinski definition) is 6. The Labute approximate surface area is 202 Å². The summed E-state index contributed by atoms with van der Waals surface area (Å²) in [7, 11) is -3.50. The molecule has 7 nitrogen and oxygen atoms in total. The summed E-state index contributed by atoms with van der Waals surface area (Å²) in [6, 6.07) is 14.7. The van der Waals surface area contributed by atoms with Crippen molar-refractivity contribution in [3.63, 3.8) is 0 Å². The predicted molar refractivity (Wildman–Crippen MR) is 134 cm³/mol. The van der Waals surface area contributed by atoms with E-state index in [0.29, 0.717) is 31.2 Å². The average Bonchev–Trinajstić information content (AvgIpc) is 3.06. The second-order valence-electron chi connectivity index (χ2n) is 10.00. The topological polar surface area (TPSA) is 92.9 Å². The van der Waals surface area contributed by atoms with E-state index in [2.05, 4.69) is 30.9 Å². The molecule has 0 radical (unpaired) electrons. The van der Waals surface area contributed by atoms with E-state index in [0.717, 1.165) is 24.4 Å². The maximum absolute atomic E-state index is 13.6. The number of sulfone groups is 1. The Balaban J connectivity index is 1.60. The fourth-order valence-corrected chi connectivity index (χ4v) is 6.60. The predicted octanol–water partition coefficient (Wildman–Crippen LogP) is 3.19. The summed E-state index contributed by atoms with van der Waals surface area (Å²) in [5.41, 5.74) is 7.04. The molecule has 8 heteroatoms. The maximum Gasteiger partial charge on any atom is 0.253 e. The number of amides is 1. The van der Waals surface area contributed by atoms with E-state index in [1.807, 2.05) is 24.0 Å². The number of nitrogens with two attached hydrogens (primary N) is 1. The zero-order chi connectivity index (χ0) is 24.5. The van der Waals surface area contributed by atoms with E-state index in [1.54, 1.807) is 12.1 Å². The molecule has 2 bridgehead atoms. The van der Waals surface area contributed by atoms with Crippen LogP contribution in [0.1, 0.15) is 37.6 Å². The van der Waals surface area contributed by atoms with E-state index < -0.39 is 9.84 Å². The molecule has 2 aromatic carbocycles. The van der Waals surface area contributed by atoms with Crippen LogP contribution in [-0.4, -0.2) is 63.8 Å². The van der Waals surface area contributed by atoms with Gasteiger partial charge in [0.25, 0.3) is 5.91 Å². The highest BCUT2D eigenvalue weighted by Gasteiger charge is 2.46. The largest absolute Gasteiger partial charge is 0.494 e. The lowest BCUT2D eigenvalue weighted by Crippen LogP contribution is -2.54. The van der Waals surface area contributed by atoms with Crippen molar-refractivity contribution in [2.45, 2.75) is 38.1 Å². The third-order valence-corrected chi connectivity index (χ3v) is 8.76. The molecule has 0 saturated carbocycles. The van der Waals surface area contributed by atoms with Crippen LogP contribution >= 0.6 is 0 Å². The molecule has 1 amide bonds. The first-order valence-corrected chi connectivity index (χ1v) is 13.6. The molecule has 2 N–H and O–H groups in total. The minimum Gasteiger partial charge on any atom is -0.494 e. The van der Waals surface area contributed by atoms with Gasteiger partial charge in [-0.25, -0.2) is 8.42 Å². The SMILES string of the molecule is CCOc1ccc(N2CC3CN(C(=O)c4cccc(S(=O)(=O)CCN)c4)C[C@@H]2C(C)(C)C3)cc1. The molecule has 3 aliphatic rings. The zero-order valence-corrected chi connectivity index (χ0v) is 21.1. The van der Waals surface area contributed by atoms with Gasteiger partial charge in [-0.1, -0.05) is 19.9 Å². The van der Waals surface area contributed by atoms with Crippen molar-refractivity contribution in [1.29, 1.82) is 0 Å². The molecule has 3 saturated heterocycles. The molecular formula is C26H35N3O4S. The van der Waals surface area contributed by atoms with E-state index >= 15 is 0 Å². The van der Waals surface area contributed by atoms with Gasteiger partial charge in [-0.3, -0.25) is 4.79 Å². The number of hydrogen-bond donors (Lipinski definition) is 1. The van der Waals surface area contributed by atoms with Crippen LogP contribution in [0.4, 0.5) is 5.69 Å². The molecule has 184 valence electrons. The van der Waals surface area contributed by atoms with Crippen LogP contribution in [0.5, 0.6) is 5.75 Å². The molecule has 0 aromatic heterocycles. The van der Waals surface area contributed by atoms with Gasteiger partial charge in [0.15, 0.2) is 9.84 Å². The summed E-state index contributed by atoms with van der Waals surface area (Å²) in [6.07, 6.45) is 1.04. The van der Waals surface area contributed by atoms with Gasteiger partial charge in [0.2, 0.25) is 0 Å². The second kappa shape index (κ2) is 9.58. The third-order valence-electron chi connectivity index (χ3n) is 7.01. The molecule has 34 heavy (non-hydrogen) atoms. The Morgan fingerprint density at radius 1 is 1.12 bits per heavy atom. The highest BCUT2D eigenvalue weighted by atomic mass is 32.2. The number of rotatable bonds is 7. The summed E-state index contributed by atoms with van der Waals surface area (Å²) in [6.45, 7) is 9.34. The molecule has 0 spiro atoms. The minimum atomic E-state index is -3.50. The lowest BCUT2D eigenvalue weighted by molar-refractivity contribution is 0.0746. The summed E-state index contributed by atoms with van der Waals surface area (Å²) >= 11 is 0. The van der Waals surface area contributed by atoms with Crippen molar-refractivity contribution >= 4 is 21.4 Å². The maximum atomic E-state index is 13.6. The number of ether oxygens (including phenoxy) is 1. The molecule has 1 unspecified atom stereocenters. The van der Waals surface area contributed by atoms with E-state index in [1.165, 1.54) is 12.1 Å². The van der Waals surface area contributed by atoms with Crippen LogP contribution < -0.4 is 15.4 Å². The van der Waals surface area contributed by atoms with Gasteiger partial charge < -0.3 is 20.3 Å². The average molecular weight is 486 g/mol. The summed E-state index contributed by atoms with van der Waals surface area (Å²) in [4.78, 5) is 18.0. The number of nitrogens with zero attached hydrogens (tertiary/aromatic N) is 2. The van der Waals surface area contributed by atoms with Crippen LogP contribution in [0.25, 0.3) is 0 Å².